The number of fused-ring (bicyclic) bond motifs is 1. The van der Waals surface area contributed by atoms with Gasteiger partial charge >= 0.3 is 6.03 Å². The van der Waals surface area contributed by atoms with Gasteiger partial charge in [-0.2, -0.15) is 0 Å². The van der Waals surface area contributed by atoms with E-state index in [4.69, 9.17) is 23.7 Å². The second kappa shape index (κ2) is 10.2. The topological polar surface area (TPSA) is 69.7 Å². The van der Waals surface area contributed by atoms with Crippen LogP contribution in [-0.4, -0.2) is 77.1 Å². The molecule has 1 atom stereocenters. The SMILES string of the molecule is COc1ccc(CC2c3cc(OC)c(OC)cc3CCN2C(=O)N2CCOCC2)cc1OC. The molecule has 0 N–H and O–H groups in total. The number of amides is 2. The van der Waals surface area contributed by atoms with Gasteiger partial charge in [0.2, 0.25) is 0 Å². The molecule has 0 aromatic heterocycles. The van der Waals surface area contributed by atoms with Gasteiger partial charge in [-0.3, -0.25) is 0 Å². The number of rotatable bonds is 6. The molecule has 8 heteroatoms. The Morgan fingerprint density at radius 2 is 1.52 bits per heavy atom. The number of hydrogen-bond acceptors (Lipinski definition) is 6. The van der Waals surface area contributed by atoms with Crippen LogP contribution in [0.15, 0.2) is 30.3 Å². The van der Waals surface area contributed by atoms with Crippen LogP contribution in [0.1, 0.15) is 22.7 Å². The summed E-state index contributed by atoms with van der Waals surface area (Å²) in [5, 5.41) is 0. The fourth-order valence-corrected chi connectivity index (χ4v) is 4.64. The van der Waals surface area contributed by atoms with E-state index in [2.05, 4.69) is 0 Å². The Morgan fingerprint density at radius 1 is 0.879 bits per heavy atom. The van der Waals surface area contributed by atoms with Crippen LogP contribution in [0.25, 0.3) is 0 Å². The third kappa shape index (κ3) is 4.66. The molecule has 1 fully saturated rings. The van der Waals surface area contributed by atoms with Crippen LogP contribution >= 0.6 is 0 Å². The molecule has 2 aromatic rings. The zero-order valence-electron chi connectivity index (χ0n) is 19.8. The van der Waals surface area contributed by atoms with Crippen LogP contribution in [0.4, 0.5) is 4.79 Å². The number of hydrogen-bond donors (Lipinski definition) is 0. The molecule has 2 amide bonds. The number of nitrogens with zero attached hydrogens (tertiary/aromatic N) is 2. The normalized spacial score (nSPS) is 17.9. The van der Waals surface area contributed by atoms with Gasteiger partial charge in [-0.05, 0) is 53.8 Å². The molecular formula is C25H32N2O6. The van der Waals surface area contributed by atoms with Crippen LogP contribution < -0.4 is 18.9 Å². The predicted molar refractivity (Wildman–Crippen MR) is 124 cm³/mol. The largest absolute Gasteiger partial charge is 0.493 e. The molecule has 0 bridgehead atoms. The summed E-state index contributed by atoms with van der Waals surface area (Å²) in [5.74, 6) is 2.71. The lowest BCUT2D eigenvalue weighted by atomic mass is 9.88. The molecule has 4 rings (SSSR count). The van der Waals surface area contributed by atoms with E-state index in [0.29, 0.717) is 62.3 Å². The summed E-state index contributed by atoms with van der Waals surface area (Å²) in [6, 6.07) is 9.84. The Bertz CT molecular complexity index is 989. The highest BCUT2D eigenvalue weighted by molar-refractivity contribution is 5.76. The molecule has 1 saturated heterocycles. The molecular weight excluding hydrogens is 424 g/mol. The Hall–Kier alpha value is -3.13. The third-order valence-electron chi connectivity index (χ3n) is 6.41. The minimum Gasteiger partial charge on any atom is -0.493 e. The van der Waals surface area contributed by atoms with Crippen molar-refractivity contribution in [2.45, 2.75) is 18.9 Å². The summed E-state index contributed by atoms with van der Waals surface area (Å²) in [6.45, 7) is 2.99. The summed E-state index contributed by atoms with van der Waals surface area (Å²) in [7, 11) is 6.52. The van der Waals surface area contributed by atoms with E-state index in [1.807, 2.05) is 40.1 Å². The lowest BCUT2D eigenvalue weighted by molar-refractivity contribution is 0.0381. The fourth-order valence-electron chi connectivity index (χ4n) is 4.64. The molecule has 2 aromatic carbocycles. The van der Waals surface area contributed by atoms with Crippen LogP contribution in [0, 0.1) is 0 Å². The van der Waals surface area contributed by atoms with E-state index in [-0.39, 0.29) is 12.1 Å². The van der Waals surface area contributed by atoms with Crippen molar-refractivity contribution in [1.29, 1.82) is 0 Å². The fraction of sp³-hybridized carbons (Fsp3) is 0.480. The standard InChI is InChI=1S/C25H32N2O6/c1-29-21-6-5-17(14-22(21)30-2)13-20-19-16-24(32-4)23(31-3)15-18(19)7-8-27(20)25(28)26-9-11-33-12-10-26/h5-6,14-16,20H,7-13H2,1-4H3. The first-order valence-electron chi connectivity index (χ1n) is 11.2. The molecule has 2 aliphatic rings. The van der Waals surface area contributed by atoms with Gasteiger partial charge in [0.25, 0.3) is 0 Å². The van der Waals surface area contributed by atoms with Gasteiger partial charge in [-0.15, -0.1) is 0 Å². The van der Waals surface area contributed by atoms with Crippen molar-refractivity contribution in [3.8, 4) is 23.0 Å². The second-order valence-electron chi connectivity index (χ2n) is 8.14. The number of ether oxygens (including phenoxy) is 5. The Kier molecular flexibility index (Phi) is 7.13. The van der Waals surface area contributed by atoms with E-state index in [0.717, 1.165) is 17.5 Å². The Balaban J connectivity index is 1.73. The first kappa shape index (κ1) is 23.0. The van der Waals surface area contributed by atoms with Crippen molar-refractivity contribution >= 4 is 6.03 Å². The van der Waals surface area contributed by atoms with E-state index in [9.17, 15) is 4.79 Å². The summed E-state index contributed by atoms with van der Waals surface area (Å²) in [6.07, 6.45) is 1.40. The first-order chi connectivity index (χ1) is 16.1. The monoisotopic (exact) mass is 456 g/mol. The number of carbonyl (C=O) groups is 1. The number of morpholine rings is 1. The molecule has 1 unspecified atom stereocenters. The smallest absolute Gasteiger partial charge is 0.320 e. The van der Waals surface area contributed by atoms with Crippen LogP contribution in [0.3, 0.4) is 0 Å². The van der Waals surface area contributed by atoms with Gasteiger partial charge in [-0.1, -0.05) is 6.07 Å². The van der Waals surface area contributed by atoms with Crippen molar-refractivity contribution < 1.29 is 28.5 Å². The quantitative estimate of drug-likeness (QED) is 0.664. The van der Waals surface area contributed by atoms with Gasteiger partial charge in [0, 0.05) is 19.6 Å². The zero-order chi connectivity index (χ0) is 23.4. The molecule has 178 valence electrons. The van der Waals surface area contributed by atoms with Gasteiger partial charge < -0.3 is 33.5 Å². The molecule has 0 radical (unpaired) electrons. The average Bonchev–Trinajstić information content (AvgIpc) is 2.88. The molecule has 0 aliphatic carbocycles. The number of methoxy groups -OCH3 is 4. The molecule has 0 saturated carbocycles. The maximum absolute atomic E-state index is 13.6. The van der Waals surface area contributed by atoms with E-state index >= 15 is 0 Å². The molecule has 8 nitrogen and oxygen atoms in total. The number of carbonyl (C=O) groups excluding carboxylic acids is 1. The minimum atomic E-state index is -0.151. The second-order valence-corrected chi connectivity index (χ2v) is 8.14. The zero-order valence-corrected chi connectivity index (χ0v) is 19.8. The first-order valence-corrected chi connectivity index (χ1v) is 11.2. The third-order valence-corrected chi connectivity index (χ3v) is 6.41. The molecule has 0 spiro atoms. The minimum absolute atomic E-state index is 0.0456. The van der Waals surface area contributed by atoms with Gasteiger partial charge in [0.1, 0.15) is 0 Å². The summed E-state index contributed by atoms with van der Waals surface area (Å²) >= 11 is 0. The average molecular weight is 457 g/mol. The highest BCUT2D eigenvalue weighted by atomic mass is 16.5. The van der Waals surface area contributed by atoms with Gasteiger partial charge in [0.05, 0.1) is 47.7 Å². The van der Waals surface area contributed by atoms with Crippen LogP contribution in [0.5, 0.6) is 23.0 Å². The van der Waals surface area contributed by atoms with Crippen molar-refractivity contribution in [3.05, 3.63) is 47.0 Å². The van der Waals surface area contributed by atoms with Crippen LogP contribution in [0.2, 0.25) is 0 Å². The van der Waals surface area contributed by atoms with Crippen molar-refractivity contribution in [2.24, 2.45) is 0 Å². The molecule has 2 aliphatic heterocycles. The highest BCUT2D eigenvalue weighted by Gasteiger charge is 2.35. The predicted octanol–water partition coefficient (Wildman–Crippen LogP) is 3.32. The maximum Gasteiger partial charge on any atom is 0.320 e. The lowest BCUT2D eigenvalue weighted by Gasteiger charge is -2.41. The Labute approximate surface area is 194 Å². The molecule has 33 heavy (non-hydrogen) atoms. The van der Waals surface area contributed by atoms with Crippen molar-refractivity contribution in [1.82, 2.24) is 9.80 Å². The number of urea groups is 1. The van der Waals surface area contributed by atoms with Crippen molar-refractivity contribution in [3.63, 3.8) is 0 Å². The lowest BCUT2D eigenvalue weighted by Crippen LogP contribution is -2.51. The van der Waals surface area contributed by atoms with E-state index < -0.39 is 0 Å². The Morgan fingerprint density at radius 3 is 2.18 bits per heavy atom. The van der Waals surface area contributed by atoms with Crippen LogP contribution in [-0.2, 0) is 17.6 Å². The van der Waals surface area contributed by atoms with Crippen molar-refractivity contribution in [2.75, 3.05) is 61.3 Å². The maximum atomic E-state index is 13.6. The summed E-state index contributed by atoms with van der Waals surface area (Å²) < 4.78 is 27.5. The van der Waals surface area contributed by atoms with Gasteiger partial charge in [0.15, 0.2) is 23.0 Å². The number of benzene rings is 2. The summed E-state index contributed by atoms with van der Waals surface area (Å²) in [4.78, 5) is 17.4. The summed E-state index contributed by atoms with van der Waals surface area (Å²) in [5.41, 5.74) is 3.31. The van der Waals surface area contributed by atoms with E-state index in [1.54, 1.807) is 28.4 Å². The highest BCUT2D eigenvalue weighted by Crippen LogP contribution is 2.40. The van der Waals surface area contributed by atoms with E-state index in [1.165, 1.54) is 5.56 Å². The molecule has 2 heterocycles. The van der Waals surface area contributed by atoms with Gasteiger partial charge in [-0.25, -0.2) is 4.79 Å².